The molecular formula is C30H24Cl4N2O3. The van der Waals surface area contributed by atoms with Gasteiger partial charge in [-0.15, -0.1) is 0 Å². The fraction of sp³-hybridized carbons (Fsp3) is 0.100. The van der Waals surface area contributed by atoms with E-state index in [9.17, 15) is 14.4 Å². The van der Waals surface area contributed by atoms with Crippen LogP contribution in [0.25, 0.3) is 0 Å². The molecule has 0 radical (unpaired) electrons. The molecule has 0 atom stereocenters. The third-order valence-corrected chi connectivity index (χ3v) is 6.63. The number of carbonyl (C=O) groups excluding carboxylic acids is 3. The second-order valence-corrected chi connectivity index (χ2v) is 10.1. The molecule has 4 aromatic rings. The van der Waals surface area contributed by atoms with Crippen molar-refractivity contribution >= 4 is 69.1 Å². The van der Waals surface area contributed by atoms with Crippen molar-refractivity contribution in [3.05, 3.63) is 134 Å². The number of amides is 2. The van der Waals surface area contributed by atoms with E-state index < -0.39 is 5.24 Å². The summed E-state index contributed by atoms with van der Waals surface area (Å²) in [6, 6.07) is 25.8. The highest BCUT2D eigenvalue weighted by Crippen LogP contribution is 2.20. The number of benzene rings is 4. The van der Waals surface area contributed by atoms with Crippen LogP contribution < -0.4 is 10.2 Å². The van der Waals surface area contributed by atoms with E-state index in [-0.39, 0.29) is 11.8 Å². The van der Waals surface area contributed by atoms with Gasteiger partial charge < -0.3 is 10.2 Å². The van der Waals surface area contributed by atoms with Gasteiger partial charge in [0.2, 0.25) is 0 Å². The van der Waals surface area contributed by atoms with Crippen LogP contribution in [0.2, 0.25) is 15.1 Å². The molecule has 0 spiro atoms. The van der Waals surface area contributed by atoms with Crippen molar-refractivity contribution in [2.24, 2.45) is 0 Å². The molecule has 0 aliphatic heterocycles. The molecule has 0 fully saturated rings. The molecule has 0 bridgehead atoms. The minimum atomic E-state index is -0.484. The molecule has 0 aliphatic carbocycles. The van der Waals surface area contributed by atoms with Gasteiger partial charge in [0.15, 0.2) is 0 Å². The van der Waals surface area contributed by atoms with Crippen LogP contribution in [0.5, 0.6) is 0 Å². The van der Waals surface area contributed by atoms with Crippen LogP contribution in [0.3, 0.4) is 0 Å². The monoisotopic (exact) mass is 600 g/mol. The number of nitrogens with zero attached hydrogens (tertiary/aromatic N) is 1. The zero-order valence-electron chi connectivity index (χ0n) is 21.1. The quantitative estimate of drug-likeness (QED) is 0.226. The van der Waals surface area contributed by atoms with Gasteiger partial charge >= 0.3 is 0 Å². The number of nitrogens with one attached hydrogen (secondary N) is 1. The molecule has 2 amide bonds. The highest BCUT2D eigenvalue weighted by atomic mass is 35.5. The SMILES string of the molecule is Cc1cc(C(=O)N(C)c2ccc(Cl)cc2)ccc1CNC(=O)c1cccc(Cl)c1.O=C(Cl)c1cccc(Cl)c1. The maximum atomic E-state index is 12.8. The minimum Gasteiger partial charge on any atom is -0.348 e. The molecule has 0 aromatic heterocycles. The van der Waals surface area contributed by atoms with E-state index in [4.69, 9.17) is 46.4 Å². The zero-order chi connectivity index (χ0) is 28.5. The van der Waals surface area contributed by atoms with Gasteiger partial charge in [0, 0.05) is 51.0 Å². The molecule has 5 nitrogen and oxygen atoms in total. The summed E-state index contributed by atoms with van der Waals surface area (Å²) in [6.45, 7) is 2.28. The lowest BCUT2D eigenvalue weighted by Crippen LogP contribution is -2.26. The lowest BCUT2D eigenvalue weighted by molar-refractivity contribution is 0.0948. The first kappa shape index (κ1) is 30.2. The Morgan fingerprint density at radius 1 is 0.718 bits per heavy atom. The Morgan fingerprint density at radius 2 is 1.31 bits per heavy atom. The van der Waals surface area contributed by atoms with E-state index in [2.05, 4.69) is 5.32 Å². The predicted molar refractivity (Wildman–Crippen MR) is 160 cm³/mol. The van der Waals surface area contributed by atoms with Gasteiger partial charge in [0.1, 0.15) is 0 Å². The van der Waals surface area contributed by atoms with Gasteiger partial charge in [0.25, 0.3) is 17.1 Å². The van der Waals surface area contributed by atoms with E-state index in [1.54, 1.807) is 84.7 Å². The fourth-order valence-electron chi connectivity index (χ4n) is 3.52. The van der Waals surface area contributed by atoms with E-state index in [1.165, 1.54) is 6.07 Å². The summed E-state index contributed by atoms with van der Waals surface area (Å²) in [4.78, 5) is 37.2. The van der Waals surface area contributed by atoms with Gasteiger partial charge in [-0.3, -0.25) is 14.4 Å². The zero-order valence-corrected chi connectivity index (χ0v) is 24.1. The summed E-state index contributed by atoms with van der Waals surface area (Å²) in [5.41, 5.74) is 4.12. The first-order valence-corrected chi connectivity index (χ1v) is 13.2. The van der Waals surface area contributed by atoms with Crippen LogP contribution in [-0.4, -0.2) is 24.1 Å². The molecule has 0 saturated heterocycles. The Balaban J connectivity index is 0.000000353. The van der Waals surface area contributed by atoms with Crippen LogP contribution in [0.4, 0.5) is 5.69 Å². The van der Waals surface area contributed by atoms with Crippen molar-refractivity contribution in [2.75, 3.05) is 11.9 Å². The van der Waals surface area contributed by atoms with Crippen LogP contribution in [0.15, 0.2) is 91.0 Å². The van der Waals surface area contributed by atoms with Crippen molar-refractivity contribution in [3.8, 4) is 0 Å². The number of aryl methyl sites for hydroxylation is 1. The molecule has 0 heterocycles. The van der Waals surface area contributed by atoms with Gasteiger partial charge in [0.05, 0.1) is 0 Å². The number of carbonyl (C=O) groups is 3. The van der Waals surface area contributed by atoms with Gasteiger partial charge in [-0.05, 0) is 102 Å². The van der Waals surface area contributed by atoms with E-state index in [0.29, 0.717) is 38.3 Å². The predicted octanol–water partition coefficient (Wildman–Crippen LogP) is 8.23. The van der Waals surface area contributed by atoms with E-state index in [0.717, 1.165) is 16.8 Å². The maximum absolute atomic E-state index is 12.8. The van der Waals surface area contributed by atoms with Gasteiger partial charge in [-0.1, -0.05) is 53.0 Å². The Morgan fingerprint density at radius 3 is 1.85 bits per heavy atom. The number of rotatable bonds is 6. The fourth-order valence-corrected chi connectivity index (χ4v) is 4.14. The number of hydrogen-bond donors (Lipinski definition) is 1. The number of anilines is 1. The smallest absolute Gasteiger partial charge is 0.258 e. The minimum absolute atomic E-state index is 0.120. The highest BCUT2D eigenvalue weighted by molar-refractivity contribution is 6.67. The Kier molecular flexibility index (Phi) is 11.0. The maximum Gasteiger partial charge on any atom is 0.258 e. The van der Waals surface area contributed by atoms with E-state index in [1.807, 2.05) is 19.1 Å². The molecule has 4 aromatic carbocycles. The molecule has 0 unspecified atom stereocenters. The van der Waals surface area contributed by atoms with Crippen LogP contribution in [-0.2, 0) is 6.54 Å². The molecule has 4 rings (SSSR count). The lowest BCUT2D eigenvalue weighted by atomic mass is 10.0. The van der Waals surface area contributed by atoms with Gasteiger partial charge in [-0.2, -0.15) is 0 Å². The Bertz CT molecular complexity index is 1490. The van der Waals surface area contributed by atoms with Crippen molar-refractivity contribution in [3.63, 3.8) is 0 Å². The summed E-state index contributed by atoms with van der Waals surface area (Å²) < 4.78 is 0. The number of hydrogen-bond acceptors (Lipinski definition) is 3. The average molecular weight is 602 g/mol. The standard InChI is InChI=1S/C23H20Cl2N2O2.C7H4Cl2O/c1-15-12-17(23(29)27(2)21-10-8-19(24)9-11-21)6-7-18(15)14-26-22(28)16-4-3-5-20(25)13-16;8-6-3-1-2-5(4-6)7(9)10/h3-13H,14H2,1-2H3,(H,26,28);1-4H. The Labute approximate surface area is 247 Å². The number of halogens is 4. The van der Waals surface area contributed by atoms with Gasteiger partial charge in [-0.25, -0.2) is 0 Å². The largest absolute Gasteiger partial charge is 0.348 e. The second kappa shape index (κ2) is 14.2. The average Bonchev–Trinajstić information content (AvgIpc) is 2.92. The lowest BCUT2D eigenvalue weighted by Gasteiger charge is -2.18. The molecule has 9 heteroatoms. The first-order valence-electron chi connectivity index (χ1n) is 11.7. The summed E-state index contributed by atoms with van der Waals surface area (Å²) in [6.07, 6.45) is 0. The van der Waals surface area contributed by atoms with Crippen molar-refractivity contribution < 1.29 is 14.4 Å². The summed E-state index contributed by atoms with van der Waals surface area (Å²) >= 11 is 22.6. The van der Waals surface area contributed by atoms with Crippen molar-refractivity contribution in [1.29, 1.82) is 0 Å². The normalized spacial score (nSPS) is 10.2. The van der Waals surface area contributed by atoms with Crippen molar-refractivity contribution in [2.45, 2.75) is 13.5 Å². The van der Waals surface area contributed by atoms with Crippen LogP contribution in [0, 0.1) is 6.92 Å². The third-order valence-electron chi connectivity index (χ3n) is 5.69. The summed E-state index contributed by atoms with van der Waals surface area (Å²) in [5.74, 6) is -0.320. The Hall–Kier alpha value is -3.35. The molecule has 39 heavy (non-hydrogen) atoms. The topological polar surface area (TPSA) is 66.5 Å². The van der Waals surface area contributed by atoms with Crippen LogP contribution >= 0.6 is 46.4 Å². The highest BCUT2D eigenvalue weighted by Gasteiger charge is 2.15. The third kappa shape index (κ3) is 8.84. The second-order valence-electron chi connectivity index (χ2n) is 8.46. The van der Waals surface area contributed by atoms with Crippen molar-refractivity contribution in [1.82, 2.24) is 5.32 Å². The molecule has 200 valence electrons. The summed E-state index contributed by atoms with van der Waals surface area (Å²) in [7, 11) is 1.72. The molecule has 0 saturated carbocycles. The molecule has 0 aliphatic rings. The van der Waals surface area contributed by atoms with Crippen LogP contribution in [0.1, 0.15) is 42.2 Å². The summed E-state index contributed by atoms with van der Waals surface area (Å²) in [5, 5.41) is 4.05. The molecular weight excluding hydrogens is 578 g/mol. The molecule has 1 N–H and O–H groups in total. The van der Waals surface area contributed by atoms with E-state index >= 15 is 0 Å². The first-order chi connectivity index (χ1) is 18.5.